The fourth-order valence-electron chi connectivity index (χ4n) is 3.70. The molecule has 0 bridgehead atoms. The molecule has 148 valence electrons. The van der Waals surface area contributed by atoms with E-state index < -0.39 is 0 Å². The van der Waals surface area contributed by atoms with Gasteiger partial charge in [0.05, 0.1) is 5.52 Å². The predicted molar refractivity (Wildman–Crippen MR) is 119 cm³/mol. The molecule has 0 radical (unpaired) electrons. The van der Waals surface area contributed by atoms with Crippen LogP contribution in [-0.4, -0.2) is 14.5 Å². The van der Waals surface area contributed by atoms with Crippen LogP contribution in [0.4, 0.5) is 5.82 Å². The van der Waals surface area contributed by atoms with Gasteiger partial charge in [0.25, 0.3) is 0 Å². The van der Waals surface area contributed by atoms with Crippen molar-refractivity contribution in [2.45, 2.75) is 39.8 Å². The van der Waals surface area contributed by atoms with E-state index in [1.165, 1.54) is 5.56 Å². The van der Waals surface area contributed by atoms with Crippen molar-refractivity contribution in [1.82, 2.24) is 14.5 Å². The third-order valence-corrected chi connectivity index (χ3v) is 5.27. The van der Waals surface area contributed by atoms with Gasteiger partial charge in [-0.05, 0) is 36.1 Å². The second-order valence-electron chi connectivity index (χ2n) is 7.64. The lowest BCUT2D eigenvalue weighted by Crippen LogP contribution is -2.11. The third-order valence-electron chi connectivity index (χ3n) is 5.27. The molecule has 2 aromatic heterocycles. The molecule has 0 saturated heterocycles. The van der Waals surface area contributed by atoms with E-state index in [1.807, 2.05) is 18.3 Å². The fourth-order valence-corrected chi connectivity index (χ4v) is 3.70. The molecule has 0 atom stereocenters. The highest BCUT2D eigenvalue weighted by molar-refractivity contribution is 5.86. The van der Waals surface area contributed by atoms with Gasteiger partial charge < -0.3 is 11.1 Å². The number of nitrogens with zero attached hydrogens (tertiary/aromatic N) is 3. The van der Waals surface area contributed by atoms with Crippen LogP contribution in [0.15, 0.2) is 60.8 Å². The molecule has 2 heterocycles. The predicted octanol–water partition coefficient (Wildman–Crippen LogP) is 4.92. The number of nitrogens with two attached hydrogens (primary N) is 1. The van der Waals surface area contributed by atoms with Crippen molar-refractivity contribution in [3.05, 3.63) is 83.2 Å². The summed E-state index contributed by atoms with van der Waals surface area (Å²) in [5, 5.41) is 4.67. The SMILES string of the molecule is Cc1cc2c(CN)cccc2n1-c1ncc(C(C)C)c(NCc2ccccc2)n1. The number of benzene rings is 2. The van der Waals surface area contributed by atoms with E-state index >= 15 is 0 Å². The number of nitrogens with one attached hydrogen (secondary N) is 1. The Morgan fingerprint density at radius 1 is 1.07 bits per heavy atom. The molecule has 5 nitrogen and oxygen atoms in total. The average Bonchev–Trinajstić information content (AvgIpc) is 3.08. The molecule has 0 aliphatic rings. The molecule has 29 heavy (non-hydrogen) atoms. The lowest BCUT2D eigenvalue weighted by atomic mass is 10.1. The summed E-state index contributed by atoms with van der Waals surface area (Å²) in [7, 11) is 0. The molecule has 0 aliphatic carbocycles. The highest BCUT2D eigenvalue weighted by Crippen LogP contribution is 2.28. The summed E-state index contributed by atoms with van der Waals surface area (Å²) in [5.41, 5.74) is 11.6. The minimum atomic E-state index is 0.327. The third kappa shape index (κ3) is 3.74. The molecule has 0 saturated carbocycles. The minimum Gasteiger partial charge on any atom is -0.366 e. The van der Waals surface area contributed by atoms with Crippen LogP contribution in [0.1, 0.15) is 42.1 Å². The van der Waals surface area contributed by atoms with Gasteiger partial charge in [-0.15, -0.1) is 0 Å². The normalized spacial score (nSPS) is 11.3. The molecule has 0 fully saturated rings. The summed E-state index contributed by atoms with van der Waals surface area (Å²) < 4.78 is 2.10. The first-order valence-corrected chi connectivity index (χ1v) is 10.0. The summed E-state index contributed by atoms with van der Waals surface area (Å²) in [4.78, 5) is 9.63. The summed E-state index contributed by atoms with van der Waals surface area (Å²) in [5.74, 6) is 1.88. The van der Waals surface area contributed by atoms with Gasteiger partial charge in [-0.25, -0.2) is 4.98 Å². The van der Waals surface area contributed by atoms with Gasteiger partial charge in [0.2, 0.25) is 5.95 Å². The van der Waals surface area contributed by atoms with Crippen molar-refractivity contribution in [1.29, 1.82) is 0 Å². The maximum atomic E-state index is 5.94. The largest absolute Gasteiger partial charge is 0.366 e. The molecular formula is C24H27N5. The number of hydrogen-bond acceptors (Lipinski definition) is 4. The van der Waals surface area contributed by atoms with Gasteiger partial charge in [-0.3, -0.25) is 4.57 Å². The molecule has 0 amide bonds. The first-order chi connectivity index (χ1) is 14.1. The van der Waals surface area contributed by atoms with Crippen LogP contribution in [0.5, 0.6) is 0 Å². The van der Waals surface area contributed by atoms with Gasteiger partial charge in [0.1, 0.15) is 5.82 Å². The number of aryl methyl sites for hydroxylation is 1. The Hall–Kier alpha value is -3.18. The molecule has 2 aromatic carbocycles. The van der Waals surface area contributed by atoms with Crippen LogP contribution < -0.4 is 11.1 Å². The Morgan fingerprint density at radius 3 is 2.59 bits per heavy atom. The van der Waals surface area contributed by atoms with Crippen LogP contribution in [0.25, 0.3) is 16.9 Å². The second kappa shape index (κ2) is 8.05. The fraction of sp³-hybridized carbons (Fsp3) is 0.250. The van der Waals surface area contributed by atoms with E-state index in [4.69, 9.17) is 15.7 Å². The van der Waals surface area contributed by atoms with Gasteiger partial charge in [-0.1, -0.05) is 56.3 Å². The molecule has 5 heteroatoms. The van der Waals surface area contributed by atoms with Crippen molar-refractivity contribution in [3.63, 3.8) is 0 Å². The lowest BCUT2D eigenvalue weighted by Gasteiger charge is -2.16. The quantitative estimate of drug-likeness (QED) is 0.494. The van der Waals surface area contributed by atoms with E-state index in [0.717, 1.165) is 40.1 Å². The van der Waals surface area contributed by atoms with E-state index in [1.54, 1.807) is 0 Å². The van der Waals surface area contributed by atoms with E-state index in [0.29, 0.717) is 18.4 Å². The van der Waals surface area contributed by atoms with Gasteiger partial charge in [-0.2, -0.15) is 4.98 Å². The van der Waals surface area contributed by atoms with E-state index in [2.05, 4.69) is 73.1 Å². The summed E-state index contributed by atoms with van der Waals surface area (Å²) in [6.45, 7) is 7.64. The number of anilines is 1. The smallest absolute Gasteiger partial charge is 0.236 e. The zero-order valence-corrected chi connectivity index (χ0v) is 17.2. The topological polar surface area (TPSA) is 68.8 Å². The lowest BCUT2D eigenvalue weighted by molar-refractivity contribution is 0.828. The summed E-state index contributed by atoms with van der Waals surface area (Å²) in [6, 6.07) is 18.7. The molecule has 3 N–H and O–H groups in total. The van der Waals surface area contributed by atoms with Crippen LogP contribution in [-0.2, 0) is 13.1 Å². The average molecular weight is 386 g/mol. The molecule has 0 spiro atoms. The highest BCUT2D eigenvalue weighted by atomic mass is 15.2. The Balaban J connectivity index is 1.77. The van der Waals surface area contributed by atoms with Crippen molar-refractivity contribution in [3.8, 4) is 5.95 Å². The van der Waals surface area contributed by atoms with Crippen LogP contribution >= 0.6 is 0 Å². The first-order valence-electron chi connectivity index (χ1n) is 10.0. The first kappa shape index (κ1) is 19.2. The highest BCUT2D eigenvalue weighted by Gasteiger charge is 2.15. The van der Waals surface area contributed by atoms with Crippen LogP contribution in [0, 0.1) is 6.92 Å². The van der Waals surface area contributed by atoms with Crippen molar-refractivity contribution in [2.75, 3.05) is 5.32 Å². The minimum absolute atomic E-state index is 0.327. The van der Waals surface area contributed by atoms with E-state index in [9.17, 15) is 0 Å². The standard InChI is InChI=1S/C24H27N5/c1-16(2)21-15-27-24(28-23(21)26-14-18-8-5-4-6-9-18)29-17(3)12-20-19(13-25)10-7-11-22(20)29/h4-12,15-16H,13-14,25H2,1-3H3,(H,26,27,28). The molecule has 4 rings (SSSR count). The summed E-state index contributed by atoms with van der Waals surface area (Å²) >= 11 is 0. The Kier molecular flexibility index (Phi) is 5.32. The van der Waals surface area contributed by atoms with Crippen molar-refractivity contribution >= 4 is 16.7 Å². The monoisotopic (exact) mass is 385 g/mol. The Morgan fingerprint density at radius 2 is 1.86 bits per heavy atom. The zero-order chi connectivity index (χ0) is 20.4. The number of fused-ring (bicyclic) bond motifs is 1. The van der Waals surface area contributed by atoms with Crippen molar-refractivity contribution < 1.29 is 0 Å². The van der Waals surface area contributed by atoms with Gasteiger partial charge >= 0.3 is 0 Å². The maximum Gasteiger partial charge on any atom is 0.236 e. The molecule has 4 aromatic rings. The number of aromatic nitrogens is 3. The Bertz CT molecular complexity index is 1130. The van der Waals surface area contributed by atoms with E-state index in [-0.39, 0.29) is 0 Å². The van der Waals surface area contributed by atoms with Crippen LogP contribution in [0.2, 0.25) is 0 Å². The molecule has 0 unspecified atom stereocenters. The number of hydrogen-bond donors (Lipinski definition) is 2. The molecule has 0 aliphatic heterocycles. The zero-order valence-electron chi connectivity index (χ0n) is 17.2. The summed E-state index contributed by atoms with van der Waals surface area (Å²) in [6.07, 6.45) is 1.94. The molecular weight excluding hydrogens is 358 g/mol. The van der Waals surface area contributed by atoms with Crippen molar-refractivity contribution in [2.24, 2.45) is 5.73 Å². The van der Waals surface area contributed by atoms with Crippen LogP contribution in [0.3, 0.4) is 0 Å². The Labute approximate surface area is 171 Å². The number of rotatable bonds is 6. The van der Waals surface area contributed by atoms with Gasteiger partial charge in [0.15, 0.2) is 0 Å². The maximum absolute atomic E-state index is 5.94. The van der Waals surface area contributed by atoms with Gasteiger partial charge in [0, 0.05) is 35.9 Å². The second-order valence-corrected chi connectivity index (χ2v) is 7.64.